The van der Waals surface area contributed by atoms with Crippen LogP contribution < -0.4 is 20.5 Å². The van der Waals surface area contributed by atoms with Crippen molar-refractivity contribution in [3.05, 3.63) is 40.4 Å². The molecule has 2 aromatic carbocycles. The highest BCUT2D eigenvalue weighted by Gasteiger charge is 2.49. The fraction of sp³-hybridized carbons (Fsp3) is 0.433. The van der Waals surface area contributed by atoms with Crippen molar-refractivity contribution in [2.75, 3.05) is 38.6 Å². The van der Waals surface area contributed by atoms with Crippen molar-refractivity contribution in [1.29, 1.82) is 5.26 Å². The summed E-state index contributed by atoms with van der Waals surface area (Å²) in [6, 6.07) is 5.70. The highest BCUT2D eigenvalue weighted by molar-refractivity contribution is 7.23. The van der Waals surface area contributed by atoms with Crippen molar-refractivity contribution >= 4 is 48.9 Å². The van der Waals surface area contributed by atoms with Gasteiger partial charge in [0.25, 0.3) is 0 Å². The minimum atomic E-state index is -0.955. The van der Waals surface area contributed by atoms with Gasteiger partial charge in [-0.3, -0.25) is 4.90 Å². The number of ether oxygens (including phenoxy) is 2. The second-order valence-corrected chi connectivity index (χ2v) is 13.1. The first kappa shape index (κ1) is 29.3. The van der Waals surface area contributed by atoms with Crippen molar-refractivity contribution in [3.63, 3.8) is 0 Å². The van der Waals surface area contributed by atoms with Gasteiger partial charge in [-0.2, -0.15) is 15.2 Å². The van der Waals surface area contributed by atoms with Gasteiger partial charge >= 0.3 is 6.01 Å². The molecule has 44 heavy (non-hydrogen) atoms. The van der Waals surface area contributed by atoms with Crippen LogP contribution in [0.15, 0.2) is 18.2 Å². The number of benzene rings is 2. The Balaban J connectivity index is 1.36. The van der Waals surface area contributed by atoms with Crippen LogP contribution in [0.1, 0.15) is 31.2 Å². The number of nitrogens with one attached hydrogen (secondary N) is 1. The molecular weight excluding hydrogens is 617 g/mol. The molecule has 14 heteroatoms. The van der Waals surface area contributed by atoms with Crippen molar-refractivity contribution in [3.8, 4) is 29.1 Å². The van der Waals surface area contributed by atoms with E-state index in [0.717, 1.165) is 30.7 Å². The number of nitrogens with zero attached hydrogens (tertiary/aromatic N) is 4. The zero-order valence-electron chi connectivity index (χ0n) is 23.4. The van der Waals surface area contributed by atoms with Gasteiger partial charge in [0, 0.05) is 42.9 Å². The first-order valence-corrected chi connectivity index (χ1v) is 15.5. The number of thiophene rings is 1. The fourth-order valence-corrected chi connectivity index (χ4v) is 8.12. The topological polar surface area (TPSA) is 130 Å². The zero-order valence-corrected chi connectivity index (χ0v) is 25.0. The molecule has 7 rings (SSSR count). The first-order chi connectivity index (χ1) is 21.2. The van der Waals surface area contributed by atoms with E-state index in [0.29, 0.717) is 25.9 Å². The maximum absolute atomic E-state index is 16.7. The van der Waals surface area contributed by atoms with Crippen molar-refractivity contribution in [2.45, 2.75) is 49.5 Å². The van der Waals surface area contributed by atoms with E-state index in [2.05, 4.69) is 20.2 Å². The number of nitriles is 1. The molecule has 0 unspecified atom stereocenters. The Morgan fingerprint density at radius 3 is 2.93 bits per heavy atom. The molecule has 0 bridgehead atoms. The van der Waals surface area contributed by atoms with Crippen LogP contribution in [-0.4, -0.2) is 76.7 Å². The number of aliphatic hydroxyl groups excluding tert-OH is 1. The van der Waals surface area contributed by atoms with Crippen LogP contribution in [0.2, 0.25) is 5.02 Å². The number of nitrogens with two attached hydrogens (primary N) is 1. The molecule has 3 aliphatic rings. The van der Waals surface area contributed by atoms with Crippen molar-refractivity contribution < 1.29 is 27.8 Å². The number of fused-ring (bicyclic) bond motifs is 3. The number of nitrogen functional groups attached to an aromatic ring is 1. The summed E-state index contributed by atoms with van der Waals surface area (Å²) in [6.45, 7) is 1.60. The largest absolute Gasteiger partial charge is 0.472 e. The van der Waals surface area contributed by atoms with Crippen molar-refractivity contribution in [1.82, 2.24) is 20.2 Å². The van der Waals surface area contributed by atoms with Gasteiger partial charge in [0.2, 0.25) is 5.88 Å². The van der Waals surface area contributed by atoms with Crippen molar-refractivity contribution in [2.24, 2.45) is 0 Å². The van der Waals surface area contributed by atoms with E-state index >= 15 is 4.39 Å². The quantitative estimate of drug-likeness (QED) is 0.256. The van der Waals surface area contributed by atoms with Gasteiger partial charge in [-0.1, -0.05) is 17.7 Å². The highest BCUT2D eigenvalue weighted by atomic mass is 35.5. The van der Waals surface area contributed by atoms with E-state index in [1.807, 2.05) is 6.07 Å². The maximum atomic E-state index is 16.7. The standard InChI is InChI=1S/C30H28ClF3N6O3S/c31-20-7-18-25(24(34)23(20)17-2-3-21(33)26-22(17)19(9-35)27(36)44-26)38-29(39-28(18)43-16-6-15(12-41)37-10-16)42-13-30-4-1-5-40(30)11-14(32)8-30/h2-3,7,14-16,37,41H,1,4-6,8,10-13,36H2/t14-,15+,16+,30+/m1/s1. The molecule has 9 nitrogen and oxygen atoms in total. The Kier molecular flexibility index (Phi) is 7.45. The molecule has 3 aliphatic heterocycles. The van der Waals surface area contributed by atoms with E-state index < -0.39 is 23.3 Å². The average molecular weight is 645 g/mol. The summed E-state index contributed by atoms with van der Waals surface area (Å²) in [4.78, 5) is 11.0. The Morgan fingerprint density at radius 2 is 2.16 bits per heavy atom. The maximum Gasteiger partial charge on any atom is 0.320 e. The lowest BCUT2D eigenvalue weighted by molar-refractivity contribution is 0.106. The summed E-state index contributed by atoms with van der Waals surface area (Å²) in [7, 11) is 0. The zero-order chi connectivity index (χ0) is 30.7. The molecule has 3 saturated heterocycles. The van der Waals surface area contributed by atoms with Gasteiger partial charge in [-0.25, -0.2) is 13.2 Å². The number of halogens is 4. The molecule has 0 amide bonds. The molecule has 3 fully saturated rings. The second kappa shape index (κ2) is 11.2. The van der Waals surface area contributed by atoms with Gasteiger partial charge in [0.15, 0.2) is 5.82 Å². The third-order valence-electron chi connectivity index (χ3n) is 8.94. The number of aromatic nitrogens is 2. The summed E-state index contributed by atoms with van der Waals surface area (Å²) >= 11 is 7.61. The minimum Gasteiger partial charge on any atom is -0.472 e. The fourth-order valence-electron chi connectivity index (χ4n) is 6.88. The molecule has 4 N–H and O–H groups in total. The molecular formula is C30H28ClF3N6O3S. The molecule has 4 atom stereocenters. The molecule has 4 aromatic rings. The monoisotopic (exact) mass is 644 g/mol. The van der Waals surface area contributed by atoms with Crippen LogP contribution in [0.3, 0.4) is 0 Å². The summed E-state index contributed by atoms with van der Waals surface area (Å²) in [5.74, 6) is -1.39. The summed E-state index contributed by atoms with van der Waals surface area (Å²) in [5, 5.41) is 22.9. The van der Waals surface area contributed by atoms with Crippen LogP contribution in [-0.2, 0) is 0 Å². The van der Waals surface area contributed by atoms with Crippen LogP contribution in [0, 0.1) is 23.0 Å². The Morgan fingerprint density at radius 1 is 1.32 bits per heavy atom. The normalized spacial score (nSPS) is 25.1. The number of hydrogen-bond acceptors (Lipinski definition) is 10. The lowest BCUT2D eigenvalue weighted by Gasteiger charge is -2.30. The molecule has 5 heterocycles. The summed E-state index contributed by atoms with van der Waals surface area (Å²) in [5.41, 5.74) is 5.50. The van der Waals surface area contributed by atoms with E-state index in [-0.39, 0.29) is 85.0 Å². The molecule has 0 aliphatic carbocycles. The van der Waals surface area contributed by atoms with Gasteiger partial charge in [0.05, 0.1) is 32.8 Å². The number of hydrogen-bond donors (Lipinski definition) is 3. The molecule has 0 radical (unpaired) electrons. The van der Waals surface area contributed by atoms with Crippen LogP contribution in [0.25, 0.3) is 32.1 Å². The highest BCUT2D eigenvalue weighted by Crippen LogP contribution is 2.46. The summed E-state index contributed by atoms with van der Waals surface area (Å²) < 4.78 is 58.2. The van der Waals surface area contributed by atoms with E-state index in [1.165, 1.54) is 18.2 Å². The minimum absolute atomic E-state index is 0.0288. The van der Waals surface area contributed by atoms with Gasteiger partial charge in [0.1, 0.15) is 41.3 Å². The predicted molar refractivity (Wildman–Crippen MR) is 161 cm³/mol. The number of anilines is 1. The molecule has 2 aromatic heterocycles. The van der Waals surface area contributed by atoms with E-state index in [1.54, 1.807) is 0 Å². The SMILES string of the molecule is N#Cc1c(N)sc2c(F)ccc(-c3c(Cl)cc4c(O[C@@H]5CN[C@H](CO)C5)nc(OC[C@@]56CCCN5C[C@H](F)C6)nc4c3F)c12. The third-order valence-corrected chi connectivity index (χ3v) is 10.3. The lowest BCUT2D eigenvalue weighted by atomic mass is 9.95. The number of rotatable bonds is 7. The first-order valence-electron chi connectivity index (χ1n) is 14.3. The smallest absolute Gasteiger partial charge is 0.320 e. The summed E-state index contributed by atoms with van der Waals surface area (Å²) in [6.07, 6.45) is 1.18. The lowest BCUT2D eigenvalue weighted by Crippen LogP contribution is -2.43. The van der Waals surface area contributed by atoms with Crippen LogP contribution in [0.4, 0.5) is 18.2 Å². The van der Waals surface area contributed by atoms with Gasteiger partial charge < -0.3 is 25.6 Å². The molecule has 230 valence electrons. The Bertz CT molecular complexity index is 1840. The van der Waals surface area contributed by atoms with Crippen LogP contribution >= 0.6 is 22.9 Å². The van der Waals surface area contributed by atoms with Gasteiger partial charge in [-0.05, 0) is 37.1 Å². The average Bonchev–Trinajstić information content (AvgIpc) is 3.76. The van der Waals surface area contributed by atoms with Gasteiger partial charge in [-0.15, -0.1) is 11.3 Å². The van der Waals surface area contributed by atoms with E-state index in [9.17, 15) is 19.1 Å². The van der Waals surface area contributed by atoms with Crippen LogP contribution in [0.5, 0.6) is 11.9 Å². The Labute approximate surface area is 259 Å². The number of alkyl halides is 1. The predicted octanol–water partition coefficient (Wildman–Crippen LogP) is 4.95. The number of aliphatic hydroxyl groups is 1. The molecule has 0 spiro atoms. The molecule has 0 saturated carbocycles. The second-order valence-electron chi connectivity index (χ2n) is 11.6. The van der Waals surface area contributed by atoms with E-state index in [4.69, 9.17) is 26.8 Å². The third kappa shape index (κ3) is 4.80. The Hall–Kier alpha value is -3.41.